The van der Waals surface area contributed by atoms with Gasteiger partial charge in [0.05, 0.1) is 5.02 Å². The molecule has 1 aromatic carbocycles. The Kier molecular flexibility index (Phi) is 5.56. The average Bonchev–Trinajstić information content (AvgIpc) is 2.29. The van der Waals surface area contributed by atoms with Crippen LogP contribution in [-0.2, 0) is 0 Å². The molecule has 0 saturated carbocycles. The lowest BCUT2D eigenvalue weighted by atomic mass is 10.3. The van der Waals surface area contributed by atoms with Crippen LogP contribution in [0.2, 0.25) is 5.02 Å². The Morgan fingerprint density at radius 3 is 2.56 bits per heavy atom. The van der Waals surface area contributed by atoms with Crippen LogP contribution in [0.15, 0.2) is 18.2 Å². The minimum atomic E-state index is -0.380. The Bertz CT molecular complexity index is 327. The van der Waals surface area contributed by atoms with Crippen LogP contribution in [0, 0.1) is 5.82 Å². The second-order valence-corrected chi connectivity index (χ2v) is 3.99. The summed E-state index contributed by atoms with van der Waals surface area (Å²) in [4.78, 5) is 2.30. The molecule has 0 spiro atoms. The van der Waals surface area contributed by atoms with Crippen molar-refractivity contribution >= 4 is 17.3 Å². The highest BCUT2D eigenvalue weighted by molar-refractivity contribution is 6.30. The number of nitrogens with zero attached hydrogens (tertiary/aromatic N) is 1. The van der Waals surface area contributed by atoms with Crippen molar-refractivity contribution in [1.82, 2.24) is 4.90 Å². The summed E-state index contributed by atoms with van der Waals surface area (Å²) in [5, 5.41) is 3.33. The normalized spacial score (nSPS) is 10.8. The largest absolute Gasteiger partial charge is 0.384 e. The Balaban J connectivity index is 2.40. The highest BCUT2D eigenvalue weighted by atomic mass is 35.5. The van der Waals surface area contributed by atoms with Gasteiger partial charge in [0.25, 0.3) is 0 Å². The number of anilines is 1. The summed E-state index contributed by atoms with van der Waals surface area (Å²) in [6.45, 7) is 8.09. The molecule has 0 amide bonds. The summed E-state index contributed by atoms with van der Waals surface area (Å²) >= 11 is 5.60. The first-order chi connectivity index (χ1) is 7.67. The summed E-state index contributed by atoms with van der Waals surface area (Å²) in [5.74, 6) is -0.380. The van der Waals surface area contributed by atoms with Gasteiger partial charge in [-0.25, -0.2) is 4.39 Å². The van der Waals surface area contributed by atoms with E-state index in [0.717, 1.165) is 31.9 Å². The first-order valence-electron chi connectivity index (χ1n) is 5.58. The van der Waals surface area contributed by atoms with Gasteiger partial charge in [-0.1, -0.05) is 25.4 Å². The zero-order chi connectivity index (χ0) is 12.0. The van der Waals surface area contributed by atoms with E-state index in [9.17, 15) is 4.39 Å². The fourth-order valence-electron chi connectivity index (χ4n) is 1.50. The SMILES string of the molecule is CCN(CC)CCNc1ccc(Cl)c(F)c1. The topological polar surface area (TPSA) is 15.3 Å². The van der Waals surface area contributed by atoms with Crippen molar-refractivity contribution in [3.8, 4) is 0 Å². The van der Waals surface area contributed by atoms with E-state index in [1.807, 2.05) is 0 Å². The number of nitrogens with one attached hydrogen (secondary N) is 1. The second kappa shape index (κ2) is 6.71. The van der Waals surface area contributed by atoms with E-state index < -0.39 is 0 Å². The maximum Gasteiger partial charge on any atom is 0.143 e. The zero-order valence-corrected chi connectivity index (χ0v) is 10.5. The molecule has 0 aliphatic carbocycles. The standard InChI is InChI=1S/C12H18ClFN2/c1-3-16(4-2)8-7-15-10-5-6-11(13)12(14)9-10/h5-6,9,15H,3-4,7-8H2,1-2H3. The maximum absolute atomic E-state index is 13.1. The van der Waals surface area contributed by atoms with Crippen LogP contribution in [0.4, 0.5) is 10.1 Å². The Labute approximate surface area is 101 Å². The Morgan fingerprint density at radius 2 is 2.00 bits per heavy atom. The third-order valence-corrected chi connectivity index (χ3v) is 2.88. The summed E-state index contributed by atoms with van der Waals surface area (Å²) < 4.78 is 13.1. The number of halogens is 2. The highest BCUT2D eigenvalue weighted by Gasteiger charge is 2.01. The Hall–Kier alpha value is -0.800. The van der Waals surface area contributed by atoms with Crippen LogP contribution in [0.1, 0.15) is 13.8 Å². The van der Waals surface area contributed by atoms with Gasteiger partial charge < -0.3 is 10.2 Å². The zero-order valence-electron chi connectivity index (χ0n) is 9.76. The fourth-order valence-corrected chi connectivity index (χ4v) is 1.62. The second-order valence-electron chi connectivity index (χ2n) is 3.58. The number of benzene rings is 1. The minimum absolute atomic E-state index is 0.161. The summed E-state index contributed by atoms with van der Waals surface area (Å²) in [6.07, 6.45) is 0. The van der Waals surface area contributed by atoms with Crippen molar-refractivity contribution in [2.45, 2.75) is 13.8 Å². The minimum Gasteiger partial charge on any atom is -0.384 e. The van der Waals surface area contributed by atoms with E-state index in [-0.39, 0.29) is 10.8 Å². The number of hydrogen-bond donors (Lipinski definition) is 1. The third-order valence-electron chi connectivity index (χ3n) is 2.57. The molecule has 0 saturated heterocycles. The summed E-state index contributed by atoms with van der Waals surface area (Å²) in [5.41, 5.74) is 0.772. The van der Waals surface area contributed by atoms with Crippen LogP contribution >= 0.6 is 11.6 Å². The van der Waals surface area contributed by atoms with Gasteiger partial charge in [-0.2, -0.15) is 0 Å². The van der Waals surface area contributed by atoms with Gasteiger partial charge in [-0.05, 0) is 31.3 Å². The van der Waals surface area contributed by atoms with Gasteiger partial charge in [-0.15, -0.1) is 0 Å². The van der Waals surface area contributed by atoms with Crippen molar-refractivity contribution in [3.05, 3.63) is 29.0 Å². The van der Waals surface area contributed by atoms with E-state index in [0.29, 0.717) is 0 Å². The molecule has 0 fully saturated rings. The van der Waals surface area contributed by atoms with Gasteiger partial charge in [0.1, 0.15) is 5.82 Å². The first kappa shape index (κ1) is 13.3. The molecule has 0 aromatic heterocycles. The van der Waals surface area contributed by atoms with Crippen LogP contribution < -0.4 is 5.32 Å². The van der Waals surface area contributed by atoms with Crippen LogP contribution in [0.5, 0.6) is 0 Å². The maximum atomic E-state index is 13.1. The predicted octanol–water partition coefficient (Wildman–Crippen LogP) is 3.23. The molecule has 0 radical (unpaired) electrons. The third kappa shape index (κ3) is 3.99. The van der Waals surface area contributed by atoms with E-state index in [4.69, 9.17) is 11.6 Å². The molecule has 0 atom stereocenters. The van der Waals surface area contributed by atoms with Crippen molar-refractivity contribution < 1.29 is 4.39 Å². The molecule has 90 valence electrons. The molecule has 0 aliphatic heterocycles. The molecular formula is C12H18ClFN2. The predicted molar refractivity (Wildman–Crippen MR) is 67.7 cm³/mol. The lowest BCUT2D eigenvalue weighted by Crippen LogP contribution is -2.28. The monoisotopic (exact) mass is 244 g/mol. The molecule has 1 aromatic rings. The molecule has 1 rings (SSSR count). The smallest absolute Gasteiger partial charge is 0.143 e. The first-order valence-corrected chi connectivity index (χ1v) is 5.96. The molecule has 2 nitrogen and oxygen atoms in total. The molecule has 4 heteroatoms. The van der Waals surface area contributed by atoms with Gasteiger partial charge in [0.2, 0.25) is 0 Å². The van der Waals surface area contributed by atoms with E-state index in [2.05, 4.69) is 24.1 Å². The average molecular weight is 245 g/mol. The van der Waals surface area contributed by atoms with Gasteiger partial charge in [0.15, 0.2) is 0 Å². The van der Waals surface area contributed by atoms with Crippen LogP contribution in [0.25, 0.3) is 0 Å². The Morgan fingerprint density at radius 1 is 1.31 bits per heavy atom. The lowest BCUT2D eigenvalue weighted by Gasteiger charge is -2.18. The highest BCUT2D eigenvalue weighted by Crippen LogP contribution is 2.18. The molecule has 0 unspecified atom stereocenters. The van der Waals surface area contributed by atoms with Crippen molar-refractivity contribution in [2.75, 3.05) is 31.5 Å². The van der Waals surface area contributed by atoms with Crippen molar-refractivity contribution in [3.63, 3.8) is 0 Å². The van der Waals surface area contributed by atoms with Crippen LogP contribution in [0.3, 0.4) is 0 Å². The van der Waals surface area contributed by atoms with Gasteiger partial charge >= 0.3 is 0 Å². The molecule has 0 aliphatic rings. The summed E-state index contributed by atoms with van der Waals surface area (Å²) in [6, 6.07) is 4.77. The lowest BCUT2D eigenvalue weighted by molar-refractivity contribution is 0.316. The number of likely N-dealkylation sites (N-methyl/N-ethyl adjacent to an activating group) is 1. The summed E-state index contributed by atoms with van der Waals surface area (Å²) in [7, 11) is 0. The van der Waals surface area contributed by atoms with E-state index in [1.54, 1.807) is 12.1 Å². The van der Waals surface area contributed by atoms with Crippen LogP contribution in [-0.4, -0.2) is 31.1 Å². The van der Waals surface area contributed by atoms with Crippen molar-refractivity contribution in [2.24, 2.45) is 0 Å². The fraction of sp³-hybridized carbons (Fsp3) is 0.500. The number of hydrogen-bond acceptors (Lipinski definition) is 2. The van der Waals surface area contributed by atoms with E-state index >= 15 is 0 Å². The van der Waals surface area contributed by atoms with Gasteiger partial charge in [0, 0.05) is 18.8 Å². The van der Waals surface area contributed by atoms with Gasteiger partial charge in [-0.3, -0.25) is 0 Å². The molecular weight excluding hydrogens is 227 g/mol. The quantitative estimate of drug-likeness (QED) is 0.827. The molecule has 1 N–H and O–H groups in total. The van der Waals surface area contributed by atoms with Crippen molar-refractivity contribution in [1.29, 1.82) is 0 Å². The molecule has 0 bridgehead atoms. The van der Waals surface area contributed by atoms with E-state index in [1.165, 1.54) is 6.07 Å². The number of rotatable bonds is 6. The molecule has 0 heterocycles. The molecule has 16 heavy (non-hydrogen) atoms.